The number of aliphatic carboxylic acids is 1. The Kier molecular flexibility index (Phi) is 4.84. The molecule has 0 radical (unpaired) electrons. The smallest absolute Gasteiger partial charge is 0.331 e. The molecule has 0 aromatic carbocycles. The molecule has 1 N–H and O–H groups in total. The van der Waals surface area contributed by atoms with Crippen molar-refractivity contribution < 1.29 is 14.7 Å². The maximum Gasteiger partial charge on any atom is 0.331 e. The van der Waals surface area contributed by atoms with Gasteiger partial charge in [-0.15, -0.1) is 0 Å². The molecule has 0 fully saturated rings. The van der Waals surface area contributed by atoms with E-state index in [2.05, 4.69) is 0 Å². The number of rotatable bonds is 5. The van der Waals surface area contributed by atoms with Crippen molar-refractivity contribution in [3.63, 3.8) is 0 Å². The minimum absolute atomic E-state index is 0.264. The SMILES string of the molecule is CCC(C(=O)O)N(C)C(=O)Cn1ccc(=O)n(C)c1=O. The van der Waals surface area contributed by atoms with E-state index in [1.165, 1.54) is 26.4 Å². The average molecular weight is 283 g/mol. The second kappa shape index (κ2) is 6.18. The van der Waals surface area contributed by atoms with Gasteiger partial charge in [-0.25, -0.2) is 9.59 Å². The summed E-state index contributed by atoms with van der Waals surface area (Å²) in [5, 5.41) is 8.99. The minimum atomic E-state index is -1.10. The van der Waals surface area contributed by atoms with E-state index >= 15 is 0 Å². The third kappa shape index (κ3) is 3.14. The lowest BCUT2D eigenvalue weighted by atomic mass is 10.2. The molecule has 0 aliphatic heterocycles. The molecule has 1 atom stereocenters. The van der Waals surface area contributed by atoms with Gasteiger partial charge in [0, 0.05) is 26.4 Å². The Hall–Kier alpha value is -2.38. The van der Waals surface area contributed by atoms with Gasteiger partial charge in [0.25, 0.3) is 5.56 Å². The van der Waals surface area contributed by atoms with Crippen LogP contribution in [-0.4, -0.2) is 44.1 Å². The largest absolute Gasteiger partial charge is 0.480 e. The van der Waals surface area contributed by atoms with Gasteiger partial charge in [-0.05, 0) is 6.42 Å². The Labute approximate surface area is 114 Å². The lowest BCUT2D eigenvalue weighted by molar-refractivity contribution is -0.149. The van der Waals surface area contributed by atoms with Crippen LogP contribution in [0.5, 0.6) is 0 Å². The molecule has 1 rings (SSSR count). The van der Waals surface area contributed by atoms with Crippen molar-refractivity contribution in [3.05, 3.63) is 33.1 Å². The minimum Gasteiger partial charge on any atom is -0.480 e. The van der Waals surface area contributed by atoms with Crippen LogP contribution in [0.2, 0.25) is 0 Å². The lowest BCUT2D eigenvalue weighted by Crippen LogP contribution is -2.45. The number of hydrogen-bond donors (Lipinski definition) is 1. The zero-order chi connectivity index (χ0) is 15.4. The summed E-state index contributed by atoms with van der Waals surface area (Å²) in [6.45, 7) is 1.34. The van der Waals surface area contributed by atoms with Gasteiger partial charge in [0.1, 0.15) is 12.6 Å². The first kappa shape index (κ1) is 15.7. The fourth-order valence-corrected chi connectivity index (χ4v) is 1.78. The summed E-state index contributed by atoms with van der Waals surface area (Å²) in [5.74, 6) is -1.61. The zero-order valence-electron chi connectivity index (χ0n) is 11.6. The quantitative estimate of drug-likeness (QED) is 0.736. The summed E-state index contributed by atoms with van der Waals surface area (Å²) < 4.78 is 1.94. The van der Waals surface area contributed by atoms with E-state index in [0.717, 1.165) is 14.0 Å². The Morgan fingerprint density at radius 2 is 2.00 bits per heavy atom. The van der Waals surface area contributed by atoms with Crippen molar-refractivity contribution in [2.75, 3.05) is 7.05 Å². The molecular formula is C12H17N3O5. The van der Waals surface area contributed by atoms with E-state index in [4.69, 9.17) is 5.11 Å². The van der Waals surface area contributed by atoms with Crippen LogP contribution in [0.1, 0.15) is 13.3 Å². The highest BCUT2D eigenvalue weighted by Gasteiger charge is 2.24. The summed E-state index contributed by atoms with van der Waals surface area (Å²) in [6, 6.07) is 0.231. The van der Waals surface area contributed by atoms with E-state index in [0.29, 0.717) is 0 Å². The van der Waals surface area contributed by atoms with Crippen molar-refractivity contribution >= 4 is 11.9 Å². The predicted octanol–water partition coefficient (Wildman–Crippen LogP) is -1.13. The molecule has 0 bridgehead atoms. The number of aromatic nitrogens is 2. The first-order chi connectivity index (χ1) is 9.29. The lowest BCUT2D eigenvalue weighted by Gasteiger charge is -2.24. The molecule has 0 saturated heterocycles. The monoisotopic (exact) mass is 283 g/mol. The molecule has 0 spiro atoms. The Bertz CT molecular complexity index is 631. The zero-order valence-corrected chi connectivity index (χ0v) is 11.6. The number of carboxylic acids is 1. The van der Waals surface area contributed by atoms with Gasteiger partial charge < -0.3 is 10.0 Å². The van der Waals surface area contributed by atoms with Crippen molar-refractivity contribution in [1.29, 1.82) is 0 Å². The molecule has 110 valence electrons. The number of carbonyl (C=O) groups is 2. The summed E-state index contributed by atoms with van der Waals surface area (Å²) >= 11 is 0. The number of likely N-dealkylation sites (N-methyl/N-ethyl adjacent to an activating group) is 1. The molecule has 1 aromatic rings. The third-order valence-corrected chi connectivity index (χ3v) is 3.10. The van der Waals surface area contributed by atoms with Gasteiger partial charge in [-0.2, -0.15) is 0 Å². The van der Waals surface area contributed by atoms with Crippen LogP contribution in [-0.2, 0) is 23.2 Å². The standard InChI is InChI=1S/C12H17N3O5/c1-4-8(11(18)19)13(2)10(17)7-15-6-5-9(16)14(3)12(15)20/h5-6,8H,4,7H2,1-3H3,(H,18,19). The molecule has 8 heteroatoms. The molecule has 0 aliphatic rings. The highest BCUT2D eigenvalue weighted by Crippen LogP contribution is 2.03. The molecule has 1 unspecified atom stereocenters. The normalized spacial score (nSPS) is 11.9. The van der Waals surface area contributed by atoms with Gasteiger partial charge in [0.15, 0.2) is 0 Å². The van der Waals surface area contributed by atoms with Gasteiger partial charge in [-0.1, -0.05) is 6.92 Å². The van der Waals surface area contributed by atoms with E-state index in [1.54, 1.807) is 6.92 Å². The number of nitrogens with zero attached hydrogens (tertiary/aromatic N) is 3. The maximum atomic E-state index is 12.0. The number of hydrogen-bond acceptors (Lipinski definition) is 4. The van der Waals surface area contributed by atoms with Crippen molar-refractivity contribution in [2.45, 2.75) is 25.9 Å². The van der Waals surface area contributed by atoms with Crippen LogP contribution < -0.4 is 11.2 Å². The molecule has 1 amide bonds. The Balaban J connectivity index is 2.97. The fourth-order valence-electron chi connectivity index (χ4n) is 1.78. The summed E-state index contributed by atoms with van der Waals surface area (Å²) in [6.07, 6.45) is 1.48. The van der Waals surface area contributed by atoms with Crippen LogP contribution in [0.3, 0.4) is 0 Å². The average Bonchev–Trinajstić information content (AvgIpc) is 2.39. The summed E-state index contributed by atoms with van der Waals surface area (Å²) in [4.78, 5) is 47.0. The van der Waals surface area contributed by atoms with Crippen molar-refractivity contribution in [1.82, 2.24) is 14.0 Å². The van der Waals surface area contributed by atoms with E-state index in [1.807, 2.05) is 0 Å². The molecular weight excluding hydrogens is 266 g/mol. The predicted molar refractivity (Wildman–Crippen MR) is 70.4 cm³/mol. The van der Waals surface area contributed by atoms with Crippen molar-refractivity contribution in [2.24, 2.45) is 7.05 Å². The molecule has 20 heavy (non-hydrogen) atoms. The van der Waals surface area contributed by atoms with E-state index < -0.39 is 29.2 Å². The molecule has 0 saturated carbocycles. The number of amides is 1. The van der Waals surface area contributed by atoms with Crippen LogP contribution in [0, 0.1) is 0 Å². The van der Waals surface area contributed by atoms with Crippen LogP contribution in [0.4, 0.5) is 0 Å². The van der Waals surface area contributed by atoms with Crippen LogP contribution >= 0.6 is 0 Å². The van der Waals surface area contributed by atoms with Gasteiger partial charge >= 0.3 is 11.7 Å². The fraction of sp³-hybridized carbons (Fsp3) is 0.500. The van der Waals surface area contributed by atoms with Crippen LogP contribution in [0.25, 0.3) is 0 Å². The maximum absolute atomic E-state index is 12.0. The summed E-state index contributed by atoms with van der Waals surface area (Å²) in [7, 11) is 2.68. The van der Waals surface area contributed by atoms with E-state index in [9.17, 15) is 19.2 Å². The molecule has 1 aromatic heterocycles. The van der Waals surface area contributed by atoms with Gasteiger partial charge in [-0.3, -0.25) is 18.7 Å². The Morgan fingerprint density at radius 3 is 2.50 bits per heavy atom. The molecule has 1 heterocycles. The van der Waals surface area contributed by atoms with Crippen molar-refractivity contribution in [3.8, 4) is 0 Å². The number of carboxylic acid groups (broad SMARTS) is 1. The first-order valence-electron chi connectivity index (χ1n) is 6.04. The number of carbonyl (C=O) groups excluding carboxylic acids is 1. The van der Waals surface area contributed by atoms with Gasteiger partial charge in [0.05, 0.1) is 0 Å². The third-order valence-electron chi connectivity index (χ3n) is 3.10. The highest BCUT2D eigenvalue weighted by molar-refractivity contribution is 5.83. The van der Waals surface area contributed by atoms with Crippen LogP contribution in [0.15, 0.2) is 21.9 Å². The summed E-state index contributed by atoms with van der Waals surface area (Å²) in [5.41, 5.74) is -1.09. The topological polar surface area (TPSA) is 102 Å². The first-order valence-corrected chi connectivity index (χ1v) is 6.04. The Morgan fingerprint density at radius 1 is 1.40 bits per heavy atom. The second-order valence-corrected chi connectivity index (χ2v) is 4.39. The molecule has 0 aliphatic carbocycles. The van der Waals surface area contributed by atoms with Gasteiger partial charge in [0.2, 0.25) is 5.91 Å². The van der Waals surface area contributed by atoms with E-state index in [-0.39, 0.29) is 13.0 Å². The molecule has 8 nitrogen and oxygen atoms in total. The second-order valence-electron chi connectivity index (χ2n) is 4.39. The highest BCUT2D eigenvalue weighted by atomic mass is 16.4.